The molecule has 1 aromatic rings. The van der Waals surface area contributed by atoms with E-state index in [1.807, 2.05) is 18.2 Å². The van der Waals surface area contributed by atoms with E-state index in [4.69, 9.17) is 11.6 Å². The molecule has 2 unspecified atom stereocenters. The summed E-state index contributed by atoms with van der Waals surface area (Å²) in [5.41, 5.74) is 1.95. The quantitative estimate of drug-likeness (QED) is 0.874. The van der Waals surface area contributed by atoms with E-state index in [1.54, 1.807) is 0 Å². The number of aliphatic hydroxyl groups is 1. The molecule has 2 nitrogen and oxygen atoms in total. The van der Waals surface area contributed by atoms with Gasteiger partial charge in [-0.25, -0.2) is 0 Å². The van der Waals surface area contributed by atoms with Crippen molar-refractivity contribution < 1.29 is 5.11 Å². The van der Waals surface area contributed by atoms with Crippen molar-refractivity contribution in [2.24, 2.45) is 11.8 Å². The van der Waals surface area contributed by atoms with Crippen LogP contribution in [0.1, 0.15) is 25.8 Å². The average molecular weight is 254 g/mol. The van der Waals surface area contributed by atoms with Crippen molar-refractivity contribution in [3.8, 4) is 0 Å². The fourth-order valence-electron chi connectivity index (χ4n) is 2.89. The van der Waals surface area contributed by atoms with Crippen molar-refractivity contribution in [1.29, 1.82) is 0 Å². The van der Waals surface area contributed by atoms with E-state index in [2.05, 4.69) is 18.7 Å². The van der Waals surface area contributed by atoms with Crippen LogP contribution in [0.3, 0.4) is 0 Å². The van der Waals surface area contributed by atoms with Gasteiger partial charge in [0, 0.05) is 18.7 Å². The minimum atomic E-state index is 0.0507. The first-order chi connectivity index (χ1) is 8.11. The summed E-state index contributed by atoms with van der Waals surface area (Å²) in [7, 11) is 0. The van der Waals surface area contributed by atoms with Crippen LogP contribution in [-0.2, 0) is 6.61 Å². The molecule has 0 saturated carbocycles. The molecule has 1 aliphatic rings. The van der Waals surface area contributed by atoms with E-state index in [0.29, 0.717) is 11.8 Å². The van der Waals surface area contributed by atoms with Gasteiger partial charge in [-0.2, -0.15) is 0 Å². The van der Waals surface area contributed by atoms with Gasteiger partial charge in [0.1, 0.15) is 0 Å². The van der Waals surface area contributed by atoms with Crippen LogP contribution in [0.25, 0.3) is 0 Å². The molecule has 3 heteroatoms. The molecule has 0 spiro atoms. The number of aliphatic hydroxyl groups excluding tert-OH is 1. The average Bonchev–Trinajstić information content (AvgIpc) is 2.27. The molecule has 0 aromatic heterocycles. The molecule has 0 radical (unpaired) electrons. The van der Waals surface area contributed by atoms with E-state index < -0.39 is 0 Å². The first kappa shape index (κ1) is 12.7. The molecule has 1 saturated heterocycles. The van der Waals surface area contributed by atoms with Gasteiger partial charge in [-0.3, -0.25) is 0 Å². The van der Waals surface area contributed by atoms with Gasteiger partial charge in [0.15, 0.2) is 0 Å². The van der Waals surface area contributed by atoms with Crippen LogP contribution in [0.15, 0.2) is 18.2 Å². The molecule has 0 amide bonds. The van der Waals surface area contributed by atoms with E-state index in [-0.39, 0.29) is 6.61 Å². The van der Waals surface area contributed by atoms with Crippen LogP contribution in [0.5, 0.6) is 0 Å². The third-order valence-electron chi connectivity index (χ3n) is 3.43. The maximum Gasteiger partial charge on any atom is 0.0702 e. The Morgan fingerprint density at radius 3 is 2.53 bits per heavy atom. The second kappa shape index (κ2) is 5.28. The Hall–Kier alpha value is -0.730. The number of rotatable bonds is 2. The van der Waals surface area contributed by atoms with E-state index >= 15 is 0 Å². The number of anilines is 1. The SMILES string of the molecule is CC1CC(C)CN(c2c(Cl)cccc2CO)C1. The van der Waals surface area contributed by atoms with Crippen molar-refractivity contribution in [3.05, 3.63) is 28.8 Å². The molecule has 1 aromatic carbocycles. The molecule has 1 aliphatic heterocycles. The molecule has 17 heavy (non-hydrogen) atoms. The topological polar surface area (TPSA) is 23.5 Å². The van der Waals surface area contributed by atoms with Gasteiger partial charge < -0.3 is 10.0 Å². The number of hydrogen-bond donors (Lipinski definition) is 1. The summed E-state index contributed by atoms with van der Waals surface area (Å²) in [6, 6.07) is 5.75. The minimum Gasteiger partial charge on any atom is -0.392 e. The van der Waals surface area contributed by atoms with Gasteiger partial charge in [0.05, 0.1) is 17.3 Å². The summed E-state index contributed by atoms with van der Waals surface area (Å²) in [4.78, 5) is 2.33. The van der Waals surface area contributed by atoms with Gasteiger partial charge >= 0.3 is 0 Å². The van der Waals surface area contributed by atoms with Crippen LogP contribution in [0.4, 0.5) is 5.69 Å². The normalized spacial score (nSPS) is 25.1. The van der Waals surface area contributed by atoms with E-state index in [1.165, 1.54) is 6.42 Å². The molecule has 2 rings (SSSR count). The monoisotopic (exact) mass is 253 g/mol. The molecular weight excluding hydrogens is 234 g/mol. The maximum atomic E-state index is 9.42. The van der Waals surface area contributed by atoms with Crippen molar-refractivity contribution >= 4 is 17.3 Å². The number of nitrogens with zero attached hydrogens (tertiary/aromatic N) is 1. The van der Waals surface area contributed by atoms with Gasteiger partial charge in [0.25, 0.3) is 0 Å². The van der Waals surface area contributed by atoms with Crippen LogP contribution in [-0.4, -0.2) is 18.2 Å². The van der Waals surface area contributed by atoms with Crippen molar-refractivity contribution in [1.82, 2.24) is 0 Å². The molecule has 0 aliphatic carbocycles. The second-order valence-corrected chi connectivity index (χ2v) is 5.66. The molecule has 94 valence electrons. The summed E-state index contributed by atoms with van der Waals surface area (Å²) < 4.78 is 0. The standard InChI is InChI=1S/C14H20ClNO/c1-10-6-11(2)8-16(7-10)14-12(9-17)4-3-5-13(14)15/h3-5,10-11,17H,6-9H2,1-2H3. The van der Waals surface area contributed by atoms with Gasteiger partial charge in [-0.1, -0.05) is 37.6 Å². The predicted molar refractivity (Wildman–Crippen MR) is 72.5 cm³/mol. The summed E-state index contributed by atoms with van der Waals surface area (Å²) >= 11 is 6.28. The van der Waals surface area contributed by atoms with Crippen LogP contribution >= 0.6 is 11.6 Å². The van der Waals surface area contributed by atoms with Gasteiger partial charge in [-0.05, 0) is 24.3 Å². The lowest BCUT2D eigenvalue weighted by atomic mass is 9.91. The fraction of sp³-hybridized carbons (Fsp3) is 0.571. The first-order valence-corrected chi connectivity index (χ1v) is 6.62. The van der Waals surface area contributed by atoms with Crippen molar-refractivity contribution in [3.63, 3.8) is 0 Å². The smallest absolute Gasteiger partial charge is 0.0702 e. The van der Waals surface area contributed by atoms with E-state index in [0.717, 1.165) is 29.4 Å². The van der Waals surface area contributed by atoms with Crippen LogP contribution in [0, 0.1) is 11.8 Å². The lowest BCUT2D eigenvalue weighted by Crippen LogP contribution is -2.39. The minimum absolute atomic E-state index is 0.0507. The van der Waals surface area contributed by atoms with Crippen molar-refractivity contribution in [2.75, 3.05) is 18.0 Å². The third-order valence-corrected chi connectivity index (χ3v) is 3.73. The van der Waals surface area contributed by atoms with Crippen LogP contribution < -0.4 is 4.90 Å². The zero-order chi connectivity index (χ0) is 12.4. The number of hydrogen-bond acceptors (Lipinski definition) is 2. The Balaban J connectivity index is 2.32. The molecule has 1 N–H and O–H groups in total. The summed E-state index contributed by atoms with van der Waals surface area (Å²) in [5, 5.41) is 10.2. The zero-order valence-corrected chi connectivity index (χ0v) is 11.2. The molecular formula is C14H20ClNO. The number of benzene rings is 1. The Kier molecular flexibility index (Phi) is 3.95. The summed E-state index contributed by atoms with van der Waals surface area (Å²) in [5.74, 6) is 1.36. The second-order valence-electron chi connectivity index (χ2n) is 5.26. The maximum absolute atomic E-state index is 9.42. The number of para-hydroxylation sites is 1. The Morgan fingerprint density at radius 1 is 1.29 bits per heavy atom. The highest BCUT2D eigenvalue weighted by Gasteiger charge is 2.24. The lowest BCUT2D eigenvalue weighted by molar-refractivity contribution is 0.281. The number of piperidine rings is 1. The largest absolute Gasteiger partial charge is 0.392 e. The Morgan fingerprint density at radius 2 is 1.94 bits per heavy atom. The Bertz CT molecular complexity index is 384. The molecule has 2 atom stereocenters. The first-order valence-electron chi connectivity index (χ1n) is 6.25. The van der Waals surface area contributed by atoms with Crippen molar-refractivity contribution in [2.45, 2.75) is 26.9 Å². The third kappa shape index (κ3) is 2.75. The summed E-state index contributed by atoms with van der Waals surface area (Å²) in [6.45, 7) is 6.66. The highest BCUT2D eigenvalue weighted by molar-refractivity contribution is 6.33. The fourth-order valence-corrected chi connectivity index (χ4v) is 3.20. The van der Waals surface area contributed by atoms with Gasteiger partial charge in [0.2, 0.25) is 0 Å². The number of halogens is 1. The molecule has 1 fully saturated rings. The zero-order valence-electron chi connectivity index (χ0n) is 10.5. The predicted octanol–water partition coefficient (Wildman–Crippen LogP) is 3.31. The van der Waals surface area contributed by atoms with E-state index in [9.17, 15) is 5.11 Å². The Labute approximate surface area is 108 Å². The van der Waals surface area contributed by atoms with Crippen LogP contribution in [0.2, 0.25) is 5.02 Å². The highest BCUT2D eigenvalue weighted by Crippen LogP contribution is 2.34. The lowest BCUT2D eigenvalue weighted by Gasteiger charge is -2.38. The van der Waals surface area contributed by atoms with Gasteiger partial charge in [-0.15, -0.1) is 0 Å². The molecule has 1 heterocycles. The summed E-state index contributed by atoms with van der Waals surface area (Å²) in [6.07, 6.45) is 1.27. The molecule has 0 bridgehead atoms. The highest BCUT2D eigenvalue weighted by atomic mass is 35.5.